The summed E-state index contributed by atoms with van der Waals surface area (Å²) in [5.74, 6) is 1.68. The number of ether oxygens (including phenoxy) is 8. The van der Waals surface area contributed by atoms with E-state index in [9.17, 15) is 9.59 Å². The maximum absolute atomic E-state index is 12.9. The highest BCUT2D eigenvalue weighted by atomic mass is 16.7. The number of rotatable bonds is 20. The summed E-state index contributed by atoms with van der Waals surface area (Å²) < 4.78 is 43.6. The van der Waals surface area contributed by atoms with Crippen LogP contribution in [0.15, 0.2) is 104 Å². The number of fused-ring (bicyclic) bond motifs is 1. The van der Waals surface area contributed by atoms with Crippen molar-refractivity contribution in [3.05, 3.63) is 110 Å². The first kappa shape index (κ1) is 34.4. The van der Waals surface area contributed by atoms with E-state index in [-0.39, 0.29) is 19.3 Å². The Balaban J connectivity index is 1.20. The summed E-state index contributed by atoms with van der Waals surface area (Å²) in [6.45, 7) is 8.36. The molecular weight excluding hydrogens is 604 g/mol. The van der Waals surface area contributed by atoms with Crippen LogP contribution in [-0.2, 0) is 14.3 Å². The summed E-state index contributed by atoms with van der Waals surface area (Å²) in [7, 11) is 1.47. The van der Waals surface area contributed by atoms with Crippen LogP contribution in [0.5, 0.6) is 34.5 Å². The van der Waals surface area contributed by atoms with E-state index in [2.05, 4.69) is 13.2 Å². The summed E-state index contributed by atoms with van der Waals surface area (Å²) in [4.78, 5) is 24.4. The quantitative estimate of drug-likeness (QED) is 0.0238. The van der Waals surface area contributed by atoms with Crippen LogP contribution in [0, 0.1) is 0 Å². The molecule has 4 aromatic carbocycles. The van der Waals surface area contributed by atoms with Crippen molar-refractivity contribution in [3.63, 3.8) is 0 Å². The zero-order valence-corrected chi connectivity index (χ0v) is 26.3. The van der Waals surface area contributed by atoms with Crippen LogP contribution in [0.3, 0.4) is 0 Å². The monoisotopic (exact) mass is 642 g/mol. The normalized spacial score (nSPS) is 10.5. The van der Waals surface area contributed by atoms with Gasteiger partial charge in [0.1, 0.15) is 23.0 Å². The summed E-state index contributed by atoms with van der Waals surface area (Å²) in [5, 5.41) is 1.56. The molecule has 0 spiro atoms. The van der Waals surface area contributed by atoms with Crippen molar-refractivity contribution < 1.29 is 47.5 Å². The number of benzene rings is 4. The molecule has 0 aliphatic rings. The number of hydrogen-bond acceptors (Lipinski definition) is 10. The minimum Gasteiger partial charge on any atom is -0.494 e. The largest absolute Gasteiger partial charge is 0.494 e. The molecule has 0 aliphatic heterocycles. The lowest BCUT2D eigenvalue weighted by Gasteiger charge is -2.13. The highest BCUT2D eigenvalue weighted by molar-refractivity contribution is 5.97. The van der Waals surface area contributed by atoms with E-state index < -0.39 is 11.9 Å². The van der Waals surface area contributed by atoms with E-state index >= 15 is 0 Å². The van der Waals surface area contributed by atoms with E-state index in [0.717, 1.165) is 48.3 Å². The van der Waals surface area contributed by atoms with Crippen LogP contribution in [0.25, 0.3) is 10.8 Å². The Labute approximate surface area is 274 Å². The Kier molecular flexibility index (Phi) is 13.5. The molecule has 0 aromatic heterocycles. The fourth-order valence-corrected chi connectivity index (χ4v) is 4.36. The molecule has 0 N–H and O–H groups in total. The van der Waals surface area contributed by atoms with Gasteiger partial charge in [0, 0.05) is 12.1 Å². The van der Waals surface area contributed by atoms with Crippen molar-refractivity contribution in [2.75, 3.05) is 33.9 Å². The molecule has 246 valence electrons. The molecule has 0 heterocycles. The second-order valence-electron chi connectivity index (χ2n) is 10.1. The fraction of sp³-hybridized carbons (Fsp3) is 0.243. The molecule has 4 rings (SSSR count). The summed E-state index contributed by atoms with van der Waals surface area (Å²) in [6, 6.07) is 22.3. The van der Waals surface area contributed by atoms with Gasteiger partial charge in [0.25, 0.3) is 0 Å². The first-order valence-electron chi connectivity index (χ1n) is 15.1. The van der Waals surface area contributed by atoms with Crippen LogP contribution < -0.4 is 28.4 Å². The second-order valence-corrected chi connectivity index (χ2v) is 10.1. The molecule has 0 fully saturated rings. The molecule has 0 bridgehead atoms. The predicted octanol–water partition coefficient (Wildman–Crippen LogP) is 7.65. The van der Waals surface area contributed by atoms with Gasteiger partial charge in [0.2, 0.25) is 6.79 Å². The van der Waals surface area contributed by atoms with Crippen molar-refractivity contribution >= 4 is 22.7 Å². The molecule has 47 heavy (non-hydrogen) atoms. The molecule has 10 nitrogen and oxygen atoms in total. The summed E-state index contributed by atoms with van der Waals surface area (Å²) in [6.07, 6.45) is 6.52. The molecular formula is C37H38O10. The zero-order chi connectivity index (χ0) is 33.3. The maximum atomic E-state index is 12.9. The van der Waals surface area contributed by atoms with Crippen molar-refractivity contribution in [2.45, 2.75) is 25.7 Å². The van der Waals surface area contributed by atoms with Crippen molar-refractivity contribution in [1.82, 2.24) is 0 Å². The van der Waals surface area contributed by atoms with Gasteiger partial charge in [0.15, 0.2) is 18.3 Å². The molecule has 4 aromatic rings. The standard InChI is InChI=1S/C37H38O10/c1-4-36(38)46-33-13-12-27-22-29(11-10-28(27)23-33)37(39)47-34-19-18-32(24-35(34)40-3)45-26-44-31-16-14-30(15-17-31)43-21-9-7-6-8-20-42-25-41-5-2/h4-5,10-19,22-24H,1-2,6-9,20-21,25-26H2,3H3. The molecule has 0 atom stereocenters. The Hall–Kier alpha value is -5.48. The fourth-order valence-electron chi connectivity index (χ4n) is 4.36. The van der Waals surface area contributed by atoms with E-state index in [1.807, 2.05) is 24.3 Å². The molecule has 0 amide bonds. The van der Waals surface area contributed by atoms with Crippen LogP contribution in [0.2, 0.25) is 0 Å². The molecule has 0 aliphatic carbocycles. The van der Waals surface area contributed by atoms with E-state index in [4.69, 9.17) is 37.9 Å². The zero-order valence-electron chi connectivity index (χ0n) is 26.3. The Morgan fingerprint density at radius 3 is 2.04 bits per heavy atom. The van der Waals surface area contributed by atoms with Gasteiger partial charge >= 0.3 is 11.9 Å². The van der Waals surface area contributed by atoms with Gasteiger partial charge in [-0.15, -0.1) is 0 Å². The number of carbonyl (C=O) groups excluding carboxylic acids is 2. The van der Waals surface area contributed by atoms with E-state index in [0.29, 0.717) is 41.8 Å². The lowest BCUT2D eigenvalue weighted by atomic mass is 10.1. The van der Waals surface area contributed by atoms with Gasteiger partial charge in [-0.25, -0.2) is 9.59 Å². The predicted molar refractivity (Wildman–Crippen MR) is 176 cm³/mol. The first-order chi connectivity index (χ1) is 23.0. The maximum Gasteiger partial charge on any atom is 0.343 e. The number of methoxy groups -OCH3 is 1. The number of carbonyl (C=O) groups is 2. The third-order valence-corrected chi connectivity index (χ3v) is 6.77. The average molecular weight is 643 g/mol. The lowest BCUT2D eigenvalue weighted by Crippen LogP contribution is -2.10. The lowest BCUT2D eigenvalue weighted by molar-refractivity contribution is -0.128. The van der Waals surface area contributed by atoms with Crippen molar-refractivity contribution in [1.29, 1.82) is 0 Å². The topological polar surface area (TPSA) is 108 Å². The van der Waals surface area contributed by atoms with Gasteiger partial charge in [-0.3, -0.25) is 0 Å². The molecule has 0 unspecified atom stereocenters. The summed E-state index contributed by atoms with van der Waals surface area (Å²) >= 11 is 0. The number of esters is 2. The van der Waals surface area contributed by atoms with Gasteiger partial charge in [0.05, 0.1) is 32.1 Å². The third kappa shape index (κ3) is 11.1. The van der Waals surface area contributed by atoms with Crippen molar-refractivity contribution in [2.24, 2.45) is 0 Å². The Morgan fingerprint density at radius 1 is 0.638 bits per heavy atom. The SMILES string of the molecule is C=COCOCCCCCCOc1ccc(OCOc2ccc(OC(=O)c3ccc4cc(OC(=O)C=C)ccc4c3)c(OC)c2)cc1. The minimum absolute atomic E-state index is 0.0441. The number of unbranched alkanes of at least 4 members (excludes halogenated alkanes) is 3. The smallest absolute Gasteiger partial charge is 0.343 e. The van der Waals surface area contributed by atoms with Gasteiger partial charge < -0.3 is 37.9 Å². The first-order valence-corrected chi connectivity index (χ1v) is 15.1. The molecule has 10 heteroatoms. The average Bonchev–Trinajstić information content (AvgIpc) is 3.09. The van der Waals surface area contributed by atoms with Crippen molar-refractivity contribution in [3.8, 4) is 34.5 Å². The minimum atomic E-state index is -0.562. The van der Waals surface area contributed by atoms with Crippen LogP contribution in [0.1, 0.15) is 36.0 Å². The molecule has 0 saturated heterocycles. The third-order valence-electron chi connectivity index (χ3n) is 6.77. The van der Waals surface area contributed by atoms with Gasteiger partial charge in [-0.05, 0) is 90.7 Å². The molecule has 0 radical (unpaired) electrons. The Morgan fingerprint density at radius 2 is 1.30 bits per heavy atom. The van der Waals surface area contributed by atoms with E-state index in [1.54, 1.807) is 54.6 Å². The highest BCUT2D eigenvalue weighted by Gasteiger charge is 2.15. The highest BCUT2D eigenvalue weighted by Crippen LogP contribution is 2.32. The number of hydrogen-bond donors (Lipinski definition) is 0. The van der Waals surface area contributed by atoms with Crippen LogP contribution >= 0.6 is 0 Å². The Bertz CT molecular complexity index is 1630. The van der Waals surface area contributed by atoms with Gasteiger partial charge in [-0.2, -0.15) is 0 Å². The molecule has 0 saturated carbocycles. The van der Waals surface area contributed by atoms with E-state index in [1.165, 1.54) is 13.4 Å². The van der Waals surface area contributed by atoms with Crippen LogP contribution in [-0.4, -0.2) is 45.8 Å². The summed E-state index contributed by atoms with van der Waals surface area (Å²) in [5.41, 5.74) is 0.341. The van der Waals surface area contributed by atoms with Gasteiger partial charge in [-0.1, -0.05) is 31.7 Å². The van der Waals surface area contributed by atoms with Crippen LogP contribution in [0.4, 0.5) is 0 Å². The second kappa shape index (κ2) is 18.5.